The highest BCUT2D eigenvalue weighted by molar-refractivity contribution is 9.10. The minimum absolute atomic E-state index is 0.0158. The third-order valence-corrected chi connectivity index (χ3v) is 2.07. The molecule has 1 unspecified atom stereocenters. The first kappa shape index (κ1) is 12.9. The van der Waals surface area contributed by atoms with Crippen molar-refractivity contribution in [3.8, 4) is 0 Å². The minimum atomic E-state index is -0.513. The molecular weight excluding hydrogens is 234 g/mol. The van der Waals surface area contributed by atoms with Crippen molar-refractivity contribution in [3.63, 3.8) is 0 Å². The van der Waals surface area contributed by atoms with Gasteiger partial charge in [-0.15, -0.1) is 0 Å². The number of aliphatic hydroxyl groups is 1. The van der Waals surface area contributed by atoms with Gasteiger partial charge in [0.2, 0.25) is 5.91 Å². The molecule has 13 heavy (non-hydrogen) atoms. The summed E-state index contributed by atoms with van der Waals surface area (Å²) in [6, 6.07) is 0.122. The number of halogens is 1. The van der Waals surface area contributed by atoms with E-state index in [1.165, 1.54) is 0 Å². The molecule has 0 saturated carbocycles. The summed E-state index contributed by atoms with van der Waals surface area (Å²) in [7, 11) is 0. The molecule has 0 rings (SSSR count). The van der Waals surface area contributed by atoms with Crippen LogP contribution in [0.15, 0.2) is 0 Å². The molecule has 2 N–H and O–H groups in total. The van der Waals surface area contributed by atoms with Gasteiger partial charge in [0.15, 0.2) is 0 Å². The molecule has 0 aliphatic rings. The molecule has 0 aromatic heterocycles. The molecule has 3 nitrogen and oxygen atoms in total. The third kappa shape index (κ3) is 6.05. The number of amides is 1. The summed E-state index contributed by atoms with van der Waals surface area (Å²) >= 11 is 3.28. The van der Waals surface area contributed by atoms with Gasteiger partial charge in [-0.1, -0.05) is 15.9 Å². The van der Waals surface area contributed by atoms with E-state index in [1.54, 1.807) is 13.8 Å². The molecule has 4 heteroatoms. The van der Waals surface area contributed by atoms with Crippen molar-refractivity contribution >= 4 is 21.8 Å². The van der Waals surface area contributed by atoms with Gasteiger partial charge in [-0.2, -0.15) is 0 Å². The van der Waals surface area contributed by atoms with Crippen LogP contribution in [0.4, 0.5) is 0 Å². The van der Waals surface area contributed by atoms with Crippen LogP contribution in [0.1, 0.15) is 33.6 Å². The van der Waals surface area contributed by atoms with Crippen LogP contribution in [-0.2, 0) is 4.79 Å². The zero-order valence-corrected chi connectivity index (χ0v) is 10.0. The van der Waals surface area contributed by atoms with Crippen LogP contribution < -0.4 is 5.32 Å². The highest BCUT2D eigenvalue weighted by atomic mass is 79.9. The summed E-state index contributed by atoms with van der Waals surface area (Å²) in [6.07, 6.45) is 1.54. The first-order chi connectivity index (χ1) is 5.88. The molecule has 78 valence electrons. The van der Waals surface area contributed by atoms with Gasteiger partial charge >= 0.3 is 0 Å². The summed E-state index contributed by atoms with van der Waals surface area (Å²) in [5.41, 5.74) is 0. The minimum Gasteiger partial charge on any atom is -0.396 e. The van der Waals surface area contributed by atoms with Gasteiger partial charge in [-0.25, -0.2) is 0 Å². The highest BCUT2D eigenvalue weighted by Gasteiger charge is 2.24. The second kappa shape index (κ2) is 5.60. The van der Waals surface area contributed by atoms with E-state index in [-0.39, 0.29) is 18.6 Å². The van der Waals surface area contributed by atoms with E-state index in [2.05, 4.69) is 21.2 Å². The quantitative estimate of drug-likeness (QED) is 0.727. The van der Waals surface area contributed by atoms with Gasteiger partial charge in [0.1, 0.15) is 0 Å². The van der Waals surface area contributed by atoms with E-state index in [0.29, 0.717) is 0 Å². The summed E-state index contributed by atoms with van der Waals surface area (Å²) in [6.45, 7) is 5.73. The Hall–Kier alpha value is -0.0900. The van der Waals surface area contributed by atoms with Gasteiger partial charge in [-0.05, 0) is 33.6 Å². The zero-order valence-electron chi connectivity index (χ0n) is 8.43. The number of rotatable bonds is 5. The van der Waals surface area contributed by atoms with Gasteiger partial charge in [0, 0.05) is 12.6 Å². The van der Waals surface area contributed by atoms with Crippen LogP contribution in [0.2, 0.25) is 0 Å². The van der Waals surface area contributed by atoms with Gasteiger partial charge < -0.3 is 10.4 Å². The topological polar surface area (TPSA) is 49.3 Å². The fourth-order valence-electron chi connectivity index (χ4n) is 0.865. The van der Waals surface area contributed by atoms with Crippen molar-refractivity contribution in [1.29, 1.82) is 0 Å². The van der Waals surface area contributed by atoms with Crippen molar-refractivity contribution in [3.05, 3.63) is 0 Å². The fourth-order valence-corrected chi connectivity index (χ4v) is 0.980. The van der Waals surface area contributed by atoms with E-state index >= 15 is 0 Å². The normalized spacial score (nSPS) is 13.9. The lowest BCUT2D eigenvalue weighted by molar-refractivity contribution is -0.123. The van der Waals surface area contributed by atoms with Crippen molar-refractivity contribution < 1.29 is 9.90 Å². The fraction of sp³-hybridized carbons (Fsp3) is 0.889. The zero-order chi connectivity index (χ0) is 10.5. The first-order valence-corrected chi connectivity index (χ1v) is 5.28. The van der Waals surface area contributed by atoms with Crippen LogP contribution in [0.5, 0.6) is 0 Å². The molecular formula is C9H18BrNO2. The molecule has 0 aromatic rings. The second-order valence-corrected chi connectivity index (χ2v) is 5.70. The third-order valence-electron chi connectivity index (χ3n) is 1.71. The van der Waals surface area contributed by atoms with E-state index < -0.39 is 4.32 Å². The monoisotopic (exact) mass is 251 g/mol. The summed E-state index contributed by atoms with van der Waals surface area (Å²) in [5, 5.41) is 11.4. The van der Waals surface area contributed by atoms with E-state index in [1.807, 2.05) is 6.92 Å². The van der Waals surface area contributed by atoms with Gasteiger partial charge in [0.05, 0.1) is 4.32 Å². The van der Waals surface area contributed by atoms with Crippen molar-refractivity contribution in [2.24, 2.45) is 0 Å². The number of hydrogen-bond donors (Lipinski definition) is 2. The van der Waals surface area contributed by atoms with Crippen LogP contribution in [0.25, 0.3) is 0 Å². The van der Waals surface area contributed by atoms with E-state index in [4.69, 9.17) is 5.11 Å². The second-order valence-electron chi connectivity index (χ2n) is 3.71. The Morgan fingerprint density at radius 1 is 1.62 bits per heavy atom. The van der Waals surface area contributed by atoms with Crippen LogP contribution in [0.3, 0.4) is 0 Å². The molecule has 0 aliphatic carbocycles. The molecule has 0 bridgehead atoms. The van der Waals surface area contributed by atoms with Crippen LogP contribution >= 0.6 is 15.9 Å². The summed E-state index contributed by atoms with van der Waals surface area (Å²) in [4.78, 5) is 11.4. The number of alkyl halides is 1. The maximum atomic E-state index is 11.4. The van der Waals surface area contributed by atoms with Crippen LogP contribution in [0, 0.1) is 0 Å². The Labute approximate surface area is 88.0 Å². The molecule has 1 amide bonds. The Morgan fingerprint density at radius 2 is 2.15 bits per heavy atom. The van der Waals surface area contributed by atoms with Gasteiger partial charge in [-0.3, -0.25) is 4.79 Å². The molecule has 0 spiro atoms. The Bertz CT molecular complexity index is 165. The lowest BCUT2D eigenvalue weighted by Gasteiger charge is -2.20. The molecule has 0 saturated heterocycles. The smallest absolute Gasteiger partial charge is 0.236 e. The lowest BCUT2D eigenvalue weighted by atomic mass is 10.1. The van der Waals surface area contributed by atoms with Crippen LogP contribution in [-0.4, -0.2) is 28.0 Å². The molecule has 0 aliphatic heterocycles. The average Bonchev–Trinajstić information content (AvgIpc) is 1.99. The Morgan fingerprint density at radius 3 is 2.54 bits per heavy atom. The SMILES string of the molecule is CC(CCCO)NC(=O)C(C)(C)Br. The van der Waals surface area contributed by atoms with E-state index in [0.717, 1.165) is 12.8 Å². The molecule has 0 radical (unpaired) electrons. The largest absolute Gasteiger partial charge is 0.396 e. The molecule has 0 heterocycles. The maximum Gasteiger partial charge on any atom is 0.236 e. The standard InChI is InChI=1S/C9H18BrNO2/c1-7(5-4-6-12)11-8(13)9(2,3)10/h7,12H,4-6H2,1-3H3,(H,11,13). The number of carbonyl (C=O) groups excluding carboxylic acids is 1. The number of hydrogen-bond acceptors (Lipinski definition) is 2. The predicted molar refractivity (Wildman–Crippen MR) is 56.9 cm³/mol. The number of aliphatic hydroxyl groups excluding tert-OH is 1. The van der Waals surface area contributed by atoms with Crippen molar-refractivity contribution in [2.45, 2.75) is 44.0 Å². The molecule has 0 aromatic carbocycles. The van der Waals surface area contributed by atoms with E-state index in [9.17, 15) is 4.79 Å². The predicted octanol–water partition coefficient (Wildman–Crippen LogP) is 1.44. The Balaban J connectivity index is 3.79. The summed E-state index contributed by atoms with van der Waals surface area (Å²) in [5.74, 6) is -0.0158. The summed E-state index contributed by atoms with van der Waals surface area (Å²) < 4.78 is -0.513. The lowest BCUT2D eigenvalue weighted by Crippen LogP contribution is -2.42. The number of nitrogens with one attached hydrogen (secondary N) is 1. The Kier molecular flexibility index (Phi) is 5.56. The maximum absolute atomic E-state index is 11.4. The average molecular weight is 252 g/mol. The molecule has 0 fully saturated rings. The number of carbonyl (C=O) groups is 1. The molecule has 1 atom stereocenters. The van der Waals surface area contributed by atoms with Crippen molar-refractivity contribution in [1.82, 2.24) is 5.32 Å². The first-order valence-electron chi connectivity index (χ1n) is 4.48. The van der Waals surface area contributed by atoms with Gasteiger partial charge in [0.25, 0.3) is 0 Å². The van der Waals surface area contributed by atoms with Crippen molar-refractivity contribution in [2.75, 3.05) is 6.61 Å². The highest BCUT2D eigenvalue weighted by Crippen LogP contribution is 2.15.